The van der Waals surface area contributed by atoms with Gasteiger partial charge in [0.2, 0.25) is 0 Å². The van der Waals surface area contributed by atoms with Crippen LogP contribution in [0.2, 0.25) is 0 Å². The second-order valence-electron chi connectivity index (χ2n) is 2.36. The molecule has 0 atom stereocenters. The number of para-hydroxylation sites is 1. The zero-order chi connectivity index (χ0) is 11.1. The molecule has 8 nitrogen and oxygen atoms in total. The van der Waals surface area contributed by atoms with Gasteiger partial charge in [0, 0.05) is 0 Å². The van der Waals surface area contributed by atoms with E-state index in [1.54, 1.807) is 11.0 Å². The molecular weight excluding hydrogens is 202 g/mol. The molecule has 0 radical (unpaired) electrons. The fraction of sp³-hybridized carbons (Fsp3) is 0. The van der Waals surface area contributed by atoms with Crippen molar-refractivity contribution in [3.8, 4) is 5.69 Å². The van der Waals surface area contributed by atoms with Crippen LogP contribution in [-0.4, -0.2) is 20.6 Å². The summed E-state index contributed by atoms with van der Waals surface area (Å²) in [6.07, 6.45) is 1.62. The third-order valence-electron chi connectivity index (χ3n) is 1.41. The number of aromatic nitrogens is 4. The Morgan fingerprint density at radius 2 is 1.87 bits per heavy atom. The maximum atomic E-state index is 8.25. The van der Waals surface area contributed by atoms with Crippen LogP contribution in [0, 0.1) is 15.3 Å². The summed E-state index contributed by atoms with van der Waals surface area (Å²) < 4.78 is 1.74. The highest BCUT2D eigenvalue weighted by molar-refractivity contribution is 5.20. The van der Waals surface area contributed by atoms with Crippen molar-refractivity contribution in [3.63, 3.8) is 0 Å². The molecule has 0 bridgehead atoms. The lowest BCUT2D eigenvalue weighted by atomic mass is 10.3. The average molecular weight is 209 g/mol. The van der Waals surface area contributed by atoms with Gasteiger partial charge in [-0.15, -0.1) is 4.68 Å². The van der Waals surface area contributed by atoms with Crippen LogP contribution in [0.4, 0.5) is 0 Å². The van der Waals surface area contributed by atoms with Crippen LogP contribution in [0.25, 0.3) is 5.69 Å². The van der Waals surface area contributed by atoms with Gasteiger partial charge in [0.15, 0.2) is 5.21 Å². The first-order chi connectivity index (χ1) is 7.20. The van der Waals surface area contributed by atoms with Gasteiger partial charge in [-0.05, 0) is 12.1 Å². The zero-order valence-electron chi connectivity index (χ0n) is 7.48. The van der Waals surface area contributed by atoms with Gasteiger partial charge in [-0.3, -0.25) is 0 Å². The molecule has 0 aliphatic rings. The maximum absolute atomic E-state index is 8.25. The minimum atomic E-state index is -1.75. The van der Waals surface area contributed by atoms with E-state index in [9.17, 15) is 0 Å². The summed E-state index contributed by atoms with van der Waals surface area (Å²) in [6, 6.07) is 9.83. The van der Waals surface area contributed by atoms with Crippen molar-refractivity contribution in [2.24, 2.45) is 0 Å². The summed E-state index contributed by atoms with van der Waals surface area (Å²) in [5, 5.41) is 24.7. The van der Waals surface area contributed by atoms with Crippen molar-refractivity contribution in [1.29, 1.82) is 0 Å². The first-order valence-corrected chi connectivity index (χ1v) is 3.85. The van der Waals surface area contributed by atoms with Gasteiger partial charge in [0.1, 0.15) is 10.8 Å². The second kappa shape index (κ2) is 5.27. The molecule has 0 spiro atoms. The van der Waals surface area contributed by atoms with Gasteiger partial charge in [-0.2, -0.15) is 0 Å². The Labute approximate surface area is 83.9 Å². The van der Waals surface area contributed by atoms with Gasteiger partial charge in [-0.1, -0.05) is 23.4 Å². The smallest absolute Gasteiger partial charge is 0.293 e. The average Bonchev–Trinajstić information content (AvgIpc) is 2.71. The summed E-state index contributed by atoms with van der Waals surface area (Å²) in [5.74, 6) is 0. The Kier molecular flexibility index (Phi) is 3.71. The molecular formula is C7H7N5O3. The third kappa shape index (κ3) is 3.81. The Balaban J connectivity index is 0.000000245. The number of rotatable bonds is 1. The lowest BCUT2D eigenvalue weighted by Crippen LogP contribution is -2.31. The van der Waals surface area contributed by atoms with E-state index < -0.39 is 5.09 Å². The van der Waals surface area contributed by atoms with E-state index in [2.05, 4.69) is 15.5 Å². The molecule has 0 saturated carbocycles. The van der Waals surface area contributed by atoms with Gasteiger partial charge >= 0.3 is 0 Å². The first kappa shape index (κ1) is 10.6. The molecule has 8 heteroatoms. The zero-order valence-corrected chi connectivity index (χ0v) is 7.48. The largest absolute Gasteiger partial charge is 0.356 e. The Morgan fingerprint density at radius 3 is 2.33 bits per heavy atom. The molecule has 0 aliphatic heterocycles. The number of nitrogens with zero attached hydrogens (tertiary/aromatic N) is 4. The third-order valence-corrected chi connectivity index (χ3v) is 1.41. The van der Waals surface area contributed by atoms with E-state index in [0.717, 1.165) is 5.69 Å². The molecule has 2 aromatic rings. The van der Waals surface area contributed by atoms with E-state index in [4.69, 9.17) is 15.3 Å². The molecule has 0 aliphatic carbocycles. The standard InChI is InChI=1S/C7H6N4.NO3/c1-2-4-7(5-3-1)11-6-8-9-10-11;2-1(3)4/h1-6H;/q;-1/p+1. The number of H-pyrrole nitrogens is 1. The highest BCUT2D eigenvalue weighted by Crippen LogP contribution is 1.93. The molecule has 2 rings (SSSR count). The molecule has 1 heterocycles. The van der Waals surface area contributed by atoms with E-state index in [1.165, 1.54) is 0 Å². The Morgan fingerprint density at radius 1 is 1.27 bits per heavy atom. The quantitative estimate of drug-likeness (QED) is 0.398. The molecule has 0 unspecified atom stereocenters. The highest BCUT2D eigenvalue weighted by atomic mass is 16.9. The highest BCUT2D eigenvalue weighted by Gasteiger charge is 1.99. The van der Waals surface area contributed by atoms with Crippen molar-refractivity contribution in [1.82, 2.24) is 15.5 Å². The first-order valence-electron chi connectivity index (χ1n) is 3.85. The summed E-state index contributed by atoms with van der Waals surface area (Å²) in [6.45, 7) is 0. The van der Waals surface area contributed by atoms with Crippen molar-refractivity contribution in [2.75, 3.05) is 0 Å². The molecule has 1 aromatic heterocycles. The van der Waals surface area contributed by atoms with Crippen molar-refractivity contribution >= 4 is 0 Å². The number of benzene rings is 1. The lowest BCUT2D eigenvalue weighted by molar-refractivity contribution is -0.660. The summed E-state index contributed by atoms with van der Waals surface area (Å²) in [5.41, 5.74) is 1.03. The monoisotopic (exact) mass is 209 g/mol. The Hall–Kier alpha value is -2.51. The van der Waals surface area contributed by atoms with Crippen LogP contribution in [0.1, 0.15) is 0 Å². The van der Waals surface area contributed by atoms with E-state index in [0.29, 0.717) is 0 Å². The van der Waals surface area contributed by atoms with E-state index >= 15 is 0 Å². The number of nitrogens with one attached hydrogen (secondary N) is 1. The Bertz CT molecular complexity index is 398. The van der Waals surface area contributed by atoms with Crippen molar-refractivity contribution < 1.29 is 9.77 Å². The number of tetrazole rings is 1. The van der Waals surface area contributed by atoms with Crippen LogP contribution in [0.15, 0.2) is 36.7 Å². The predicted molar refractivity (Wildman–Crippen MR) is 48.3 cm³/mol. The normalized spacial score (nSPS) is 8.80. The molecule has 0 amide bonds. The number of hydrogen-bond acceptors (Lipinski definition) is 5. The lowest BCUT2D eigenvalue weighted by Gasteiger charge is -1.90. The molecule has 1 aromatic carbocycles. The number of hydrogen-bond donors (Lipinski definition) is 1. The molecule has 0 saturated heterocycles. The minimum absolute atomic E-state index is 1.03. The van der Waals surface area contributed by atoms with Crippen LogP contribution in [0.5, 0.6) is 0 Å². The molecule has 0 fully saturated rings. The summed E-state index contributed by atoms with van der Waals surface area (Å²) >= 11 is 0. The fourth-order valence-electron chi connectivity index (χ4n) is 0.890. The van der Waals surface area contributed by atoms with Crippen LogP contribution in [-0.2, 0) is 0 Å². The SMILES string of the molecule is O=[N+]([O-])[O-].c1ccc(-[n+]2cnn[nH]2)cc1. The molecule has 1 N–H and O–H groups in total. The molecule has 15 heavy (non-hydrogen) atoms. The van der Waals surface area contributed by atoms with Crippen LogP contribution in [0.3, 0.4) is 0 Å². The minimum Gasteiger partial charge on any atom is -0.356 e. The van der Waals surface area contributed by atoms with Crippen LogP contribution < -0.4 is 4.68 Å². The maximum Gasteiger partial charge on any atom is 0.293 e. The van der Waals surface area contributed by atoms with Crippen molar-refractivity contribution in [2.45, 2.75) is 0 Å². The fourth-order valence-corrected chi connectivity index (χ4v) is 0.890. The van der Waals surface area contributed by atoms with E-state index in [-0.39, 0.29) is 0 Å². The summed E-state index contributed by atoms with van der Waals surface area (Å²) in [4.78, 5) is 8.25. The topological polar surface area (TPSA) is 112 Å². The second-order valence-corrected chi connectivity index (χ2v) is 2.36. The van der Waals surface area contributed by atoms with Gasteiger partial charge < -0.3 is 15.3 Å². The van der Waals surface area contributed by atoms with Gasteiger partial charge in [-0.25, -0.2) is 0 Å². The number of aromatic amines is 1. The summed E-state index contributed by atoms with van der Waals surface area (Å²) in [7, 11) is 0. The van der Waals surface area contributed by atoms with Crippen LogP contribution >= 0.6 is 0 Å². The van der Waals surface area contributed by atoms with Crippen molar-refractivity contribution in [3.05, 3.63) is 52.0 Å². The van der Waals surface area contributed by atoms with Gasteiger partial charge in [0.05, 0.1) is 5.09 Å². The predicted octanol–water partition coefficient (Wildman–Crippen LogP) is -0.158. The van der Waals surface area contributed by atoms with Gasteiger partial charge in [0.25, 0.3) is 6.33 Å². The van der Waals surface area contributed by atoms with E-state index in [1.807, 2.05) is 30.3 Å². The molecule has 78 valence electrons.